The van der Waals surface area contributed by atoms with Gasteiger partial charge in [0.2, 0.25) is 6.08 Å². The highest BCUT2D eigenvalue weighted by Crippen LogP contribution is 1.55. The fourth-order valence-electron chi connectivity index (χ4n) is 0.185. The van der Waals surface area contributed by atoms with E-state index in [-0.39, 0.29) is 0 Å². The molecular formula is C8H2NO-. The highest BCUT2D eigenvalue weighted by atomic mass is 16.1. The molecular weight excluding hydrogens is 126 g/mol. The zero-order valence-electron chi connectivity index (χ0n) is 5.06. The zero-order valence-corrected chi connectivity index (χ0v) is 5.06. The molecule has 0 rings (SSSR count). The third kappa shape index (κ3) is 5.93. The van der Waals surface area contributed by atoms with Gasteiger partial charge in [0, 0.05) is 5.92 Å². The van der Waals surface area contributed by atoms with Crippen LogP contribution in [0, 0.1) is 42.6 Å². The molecule has 0 aromatic heterocycles. The molecule has 0 aliphatic heterocycles. The highest BCUT2D eigenvalue weighted by molar-refractivity contribution is 5.40. The van der Waals surface area contributed by atoms with Crippen LogP contribution in [0.5, 0.6) is 0 Å². The van der Waals surface area contributed by atoms with Gasteiger partial charge in [-0.1, -0.05) is 0 Å². The third-order valence-corrected chi connectivity index (χ3v) is 0.433. The second-order valence-corrected chi connectivity index (χ2v) is 0.992. The predicted octanol–water partition coefficient (Wildman–Crippen LogP) is 0.124. The van der Waals surface area contributed by atoms with Gasteiger partial charge in [0.1, 0.15) is 0 Å². The Bertz CT molecular complexity index is 315. The Morgan fingerprint density at radius 3 is 2.40 bits per heavy atom. The summed E-state index contributed by atoms with van der Waals surface area (Å²) in [5.74, 6) is 11.6. The summed E-state index contributed by atoms with van der Waals surface area (Å²) in [6.07, 6.45) is 1.24. The molecule has 10 heavy (non-hydrogen) atoms. The van der Waals surface area contributed by atoms with Crippen molar-refractivity contribution in [2.24, 2.45) is 4.99 Å². The van der Waals surface area contributed by atoms with E-state index in [1.165, 1.54) is 6.08 Å². The van der Waals surface area contributed by atoms with Crippen molar-refractivity contribution in [2.45, 2.75) is 0 Å². The Morgan fingerprint density at radius 1 is 1.10 bits per heavy atom. The average molecular weight is 128 g/mol. The number of nitrogens with zero attached hydrogens (tertiary/aromatic N) is 1. The quantitative estimate of drug-likeness (QED) is 0.197. The van der Waals surface area contributed by atoms with E-state index in [0.717, 1.165) is 0 Å². The van der Waals surface area contributed by atoms with E-state index < -0.39 is 0 Å². The van der Waals surface area contributed by atoms with E-state index in [0.29, 0.717) is 0 Å². The van der Waals surface area contributed by atoms with Crippen molar-refractivity contribution in [2.75, 3.05) is 0 Å². The number of isocyanates is 1. The topological polar surface area (TPSA) is 29.4 Å². The second kappa shape index (κ2) is 6.93. The summed E-state index contributed by atoms with van der Waals surface area (Å²) in [4.78, 5) is 12.3. The first-order valence-corrected chi connectivity index (χ1v) is 2.25. The molecule has 0 amide bonds. The Morgan fingerprint density at radius 2 is 1.80 bits per heavy atom. The number of rotatable bonds is 0. The van der Waals surface area contributed by atoms with E-state index in [2.05, 4.69) is 47.6 Å². The molecule has 0 aliphatic carbocycles. The molecule has 0 fully saturated rings. The molecule has 0 atom stereocenters. The van der Waals surface area contributed by atoms with Crippen LogP contribution in [-0.4, -0.2) is 6.08 Å². The van der Waals surface area contributed by atoms with Gasteiger partial charge in [-0.2, -0.15) is 6.92 Å². The van der Waals surface area contributed by atoms with Crippen LogP contribution >= 0.6 is 0 Å². The van der Waals surface area contributed by atoms with Crippen LogP contribution in [0.15, 0.2) is 4.99 Å². The minimum absolute atomic E-state index is 1.24. The molecule has 0 aromatic carbocycles. The van der Waals surface area contributed by atoms with Crippen LogP contribution in [0.25, 0.3) is 0 Å². The molecule has 0 heterocycles. The van der Waals surface area contributed by atoms with E-state index in [1.54, 1.807) is 0 Å². The van der Waals surface area contributed by atoms with Crippen LogP contribution in [0.1, 0.15) is 0 Å². The molecule has 0 saturated carbocycles. The Hall–Kier alpha value is -2.07. The monoisotopic (exact) mass is 128 g/mol. The summed E-state index contributed by atoms with van der Waals surface area (Å²) in [5.41, 5.74) is 0. The maximum Gasteiger partial charge on any atom is 0.249 e. The van der Waals surface area contributed by atoms with Gasteiger partial charge in [0.15, 0.2) is 0 Å². The molecule has 0 aliphatic rings. The summed E-state index contributed by atoms with van der Waals surface area (Å²) in [6.45, 7) is 3.22. The summed E-state index contributed by atoms with van der Waals surface area (Å²) < 4.78 is 0. The maximum absolute atomic E-state index is 9.41. The molecule has 2 nitrogen and oxygen atoms in total. The number of aliphatic imine (C=N–C) groups is 1. The summed E-state index contributed by atoms with van der Waals surface area (Å²) in [6, 6.07) is 2.08. The van der Waals surface area contributed by atoms with Crippen LogP contribution in [0.4, 0.5) is 0 Å². The zero-order chi connectivity index (χ0) is 7.66. The minimum atomic E-state index is 1.24. The minimum Gasteiger partial charge on any atom is -0.284 e. The van der Waals surface area contributed by atoms with Crippen molar-refractivity contribution < 1.29 is 4.79 Å². The highest BCUT2D eigenvalue weighted by Gasteiger charge is 1.51. The molecule has 0 N–H and O–H groups in total. The van der Waals surface area contributed by atoms with E-state index in [9.17, 15) is 4.79 Å². The summed E-state index contributed by atoms with van der Waals surface area (Å²) in [7, 11) is 0. The molecule has 0 saturated heterocycles. The molecule has 0 radical (unpaired) electrons. The fraction of sp³-hybridized carbons (Fsp3) is 0. The number of carbonyl (C=O) groups excluding carboxylic acids is 1. The Balaban J connectivity index is 3.98. The largest absolute Gasteiger partial charge is 0.284 e. The van der Waals surface area contributed by atoms with Gasteiger partial charge >= 0.3 is 0 Å². The first kappa shape index (κ1) is 7.93. The predicted molar refractivity (Wildman–Crippen MR) is 36.8 cm³/mol. The molecule has 2 heteroatoms. The molecule has 0 aromatic rings. The van der Waals surface area contributed by atoms with Gasteiger partial charge in [-0.15, -0.1) is 10.9 Å². The van der Waals surface area contributed by atoms with Gasteiger partial charge in [-0.3, -0.25) is 5.92 Å². The SMILES string of the molecule is [CH2-]C#CC#CC#CN=C=O. The number of hydrogen-bond acceptors (Lipinski definition) is 2. The second-order valence-electron chi connectivity index (χ2n) is 0.992. The third-order valence-electron chi connectivity index (χ3n) is 0.433. The lowest BCUT2D eigenvalue weighted by atomic mass is 10.5. The van der Waals surface area contributed by atoms with Crippen molar-refractivity contribution >= 4 is 6.08 Å². The lowest BCUT2D eigenvalue weighted by Crippen LogP contribution is -1.52. The van der Waals surface area contributed by atoms with E-state index >= 15 is 0 Å². The van der Waals surface area contributed by atoms with Gasteiger partial charge in [0.05, 0.1) is 6.04 Å². The van der Waals surface area contributed by atoms with Crippen LogP contribution in [0.3, 0.4) is 0 Å². The van der Waals surface area contributed by atoms with Crippen LogP contribution in [0.2, 0.25) is 0 Å². The summed E-state index contributed by atoms with van der Waals surface area (Å²) >= 11 is 0. The first-order chi connectivity index (χ1) is 4.91. The normalized spacial score (nSPS) is 4.00. The summed E-state index contributed by atoms with van der Waals surface area (Å²) in [5, 5.41) is 0. The Labute approximate surface area is 59.3 Å². The van der Waals surface area contributed by atoms with E-state index in [1.807, 2.05) is 0 Å². The first-order valence-electron chi connectivity index (χ1n) is 2.25. The van der Waals surface area contributed by atoms with Crippen molar-refractivity contribution in [3.05, 3.63) is 6.92 Å². The Kier molecular flexibility index (Phi) is 5.50. The van der Waals surface area contributed by atoms with Crippen molar-refractivity contribution in [1.82, 2.24) is 0 Å². The van der Waals surface area contributed by atoms with Gasteiger partial charge in [0.25, 0.3) is 0 Å². The number of hydrogen-bond donors (Lipinski definition) is 0. The maximum atomic E-state index is 9.41. The molecule has 46 valence electrons. The van der Waals surface area contributed by atoms with Crippen LogP contribution in [-0.2, 0) is 4.79 Å². The lowest BCUT2D eigenvalue weighted by Gasteiger charge is -1.64. The average Bonchev–Trinajstić information content (AvgIpc) is 1.97. The molecule has 0 bridgehead atoms. The van der Waals surface area contributed by atoms with Crippen LogP contribution < -0.4 is 0 Å². The van der Waals surface area contributed by atoms with Gasteiger partial charge in [-0.05, 0) is 5.92 Å². The van der Waals surface area contributed by atoms with E-state index in [4.69, 9.17) is 0 Å². The van der Waals surface area contributed by atoms with Gasteiger partial charge < -0.3 is 0 Å². The molecule has 0 spiro atoms. The molecule has 0 unspecified atom stereocenters. The fourth-order valence-corrected chi connectivity index (χ4v) is 0.185. The standard InChI is InChI=1S/C8H2NO/c1-2-3-4-5-6-7-9-8-10/h1H2/q-1. The lowest BCUT2D eigenvalue weighted by molar-refractivity contribution is 0.565. The van der Waals surface area contributed by atoms with Crippen molar-refractivity contribution in [3.8, 4) is 35.6 Å². The van der Waals surface area contributed by atoms with Crippen molar-refractivity contribution in [1.29, 1.82) is 0 Å². The van der Waals surface area contributed by atoms with Crippen molar-refractivity contribution in [3.63, 3.8) is 0 Å². The van der Waals surface area contributed by atoms with Gasteiger partial charge in [-0.25, -0.2) is 10.7 Å². The smallest absolute Gasteiger partial charge is 0.249 e.